The summed E-state index contributed by atoms with van der Waals surface area (Å²) in [6.07, 6.45) is 2.15. The van der Waals surface area contributed by atoms with Gasteiger partial charge in [-0.1, -0.05) is 11.6 Å². The van der Waals surface area contributed by atoms with Gasteiger partial charge in [-0.2, -0.15) is 0 Å². The SMILES string of the molecule is COc1ccc(-c2cc(Cl)nc(C3CC3)c2)c(C(=O)N2CC(F)(F)C2)c1. The number of hydrogen-bond acceptors (Lipinski definition) is 3. The number of carbonyl (C=O) groups excluding carboxylic acids is 1. The smallest absolute Gasteiger partial charge is 0.282 e. The van der Waals surface area contributed by atoms with E-state index >= 15 is 0 Å². The van der Waals surface area contributed by atoms with Gasteiger partial charge in [0.2, 0.25) is 0 Å². The van der Waals surface area contributed by atoms with Crippen LogP contribution in [0.5, 0.6) is 5.75 Å². The Labute approximate surface area is 154 Å². The van der Waals surface area contributed by atoms with E-state index in [0.717, 1.165) is 29.0 Å². The third-order valence-electron chi connectivity index (χ3n) is 4.71. The van der Waals surface area contributed by atoms with Crippen molar-refractivity contribution >= 4 is 17.5 Å². The number of likely N-dealkylation sites (tertiary alicyclic amines) is 1. The molecular weight excluding hydrogens is 362 g/mol. The number of ether oxygens (including phenoxy) is 1. The zero-order chi connectivity index (χ0) is 18.5. The molecule has 1 saturated carbocycles. The van der Waals surface area contributed by atoms with E-state index in [1.54, 1.807) is 24.3 Å². The van der Waals surface area contributed by atoms with Crippen LogP contribution >= 0.6 is 11.6 Å². The van der Waals surface area contributed by atoms with Gasteiger partial charge in [-0.3, -0.25) is 4.79 Å². The number of halogens is 3. The van der Waals surface area contributed by atoms with Gasteiger partial charge in [-0.15, -0.1) is 0 Å². The van der Waals surface area contributed by atoms with E-state index in [9.17, 15) is 13.6 Å². The monoisotopic (exact) mass is 378 g/mol. The number of amides is 1. The predicted octanol–water partition coefficient (Wildman–Crippen LogP) is 4.38. The number of carbonyl (C=O) groups is 1. The summed E-state index contributed by atoms with van der Waals surface area (Å²) in [6.45, 7) is -1.13. The lowest BCUT2D eigenvalue weighted by Gasteiger charge is -2.39. The first-order valence-corrected chi connectivity index (χ1v) is 8.77. The highest BCUT2D eigenvalue weighted by atomic mass is 35.5. The molecule has 1 saturated heterocycles. The van der Waals surface area contributed by atoms with Gasteiger partial charge >= 0.3 is 0 Å². The van der Waals surface area contributed by atoms with Gasteiger partial charge in [0.1, 0.15) is 10.9 Å². The second kappa shape index (κ2) is 6.20. The highest BCUT2D eigenvalue weighted by Crippen LogP contribution is 2.41. The van der Waals surface area contributed by atoms with Crippen LogP contribution in [0.25, 0.3) is 11.1 Å². The van der Waals surface area contributed by atoms with Crippen LogP contribution in [0.1, 0.15) is 34.8 Å². The van der Waals surface area contributed by atoms with Crippen molar-refractivity contribution < 1.29 is 18.3 Å². The van der Waals surface area contributed by atoms with Gasteiger partial charge in [-0.25, -0.2) is 13.8 Å². The molecule has 0 spiro atoms. The van der Waals surface area contributed by atoms with Crippen molar-refractivity contribution in [3.63, 3.8) is 0 Å². The second-order valence-electron chi connectivity index (χ2n) is 6.81. The molecule has 136 valence electrons. The average molecular weight is 379 g/mol. The van der Waals surface area contributed by atoms with Crippen LogP contribution < -0.4 is 4.74 Å². The summed E-state index contributed by atoms with van der Waals surface area (Å²) in [5.41, 5.74) is 2.61. The van der Waals surface area contributed by atoms with Gasteiger partial charge in [0.15, 0.2) is 0 Å². The molecule has 0 radical (unpaired) electrons. The maximum Gasteiger partial charge on any atom is 0.282 e. The normalized spacial score (nSPS) is 18.4. The van der Waals surface area contributed by atoms with Gasteiger partial charge in [0.05, 0.1) is 25.8 Å². The van der Waals surface area contributed by atoms with Crippen LogP contribution in [0, 0.1) is 0 Å². The number of methoxy groups -OCH3 is 1. The van der Waals surface area contributed by atoms with Crippen LogP contribution in [0.2, 0.25) is 5.15 Å². The molecule has 1 aromatic carbocycles. The van der Waals surface area contributed by atoms with E-state index in [-0.39, 0.29) is 0 Å². The lowest BCUT2D eigenvalue weighted by atomic mass is 9.96. The highest BCUT2D eigenvalue weighted by molar-refractivity contribution is 6.29. The molecule has 1 amide bonds. The maximum atomic E-state index is 13.2. The van der Waals surface area contributed by atoms with E-state index in [1.807, 2.05) is 6.07 Å². The average Bonchev–Trinajstić information content (AvgIpc) is 3.43. The zero-order valence-corrected chi connectivity index (χ0v) is 14.9. The van der Waals surface area contributed by atoms with Crippen LogP contribution in [-0.4, -0.2) is 41.9 Å². The van der Waals surface area contributed by atoms with E-state index < -0.39 is 24.9 Å². The van der Waals surface area contributed by atoms with E-state index in [2.05, 4.69) is 4.98 Å². The molecule has 2 aliphatic rings. The summed E-state index contributed by atoms with van der Waals surface area (Å²) >= 11 is 6.17. The molecule has 2 heterocycles. The van der Waals surface area contributed by atoms with Crippen molar-refractivity contribution in [1.82, 2.24) is 9.88 Å². The maximum absolute atomic E-state index is 13.2. The predicted molar refractivity (Wildman–Crippen MR) is 94.1 cm³/mol. The molecule has 1 aliphatic heterocycles. The van der Waals surface area contributed by atoms with E-state index in [4.69, 9.17) is 16.3 Å². The highest BCUT2D eigenvalue weighted by Gasteiger charge is 2.46. The minimum Gasteiger partial charge on any atom is -0.497 e. The fraction of sp³-hybridized carbons (Fsp3) is 0.368. The fourth-order valence-corrected chi connectivity index (χ4v) is 3.38. The molecule has 26 heavy (non-hydrogen) atoms. The number of nitrogens with zero attached hydrogens (tertiary/aromatic N) is 2. The standard InChI is InChI=1S/C19H17ClF2N2O2/c1-26-13-4-5-14(12-6-16(11-2-3-11)23-17(20)7-12)15(8-13)18(25)24-9-19(21,22)10-24/h4-8,11H,2-3,9-10H2,1H3. The second-order valence-corrected chi connectivity index (χ2v) is 7.19. The van der Waals surface area contributed by atoms with Crippen LogP contribution in [-0.2, 0) is 0 Å². The number of rotatable bonds is 4. The van der Waals surface area contributed by atoms with Crippen molar-refractivity contribution in [3.8, 4) is 16.9 Å². The third kappa shape index (κ3) is 3.26. The minimum atomic E-state index is -2.81. The molecule has 4 nitrogen and oxygen atoms in total. The van der Waals surface area contributed by atoms with Crippen LogP contribution in [0.3, 0.4) is 0 Å². The van der Waals surface area contributed by atoms with Crippen molar-refractivity contribution in [3.05, 3.63) is 46.7 Å². The van der Waals surface area contributed by atoms with E-state index in [1.165, 1.54) is 7.11 Å². The first kappa shape index (κ1) is 17.2. The number of aromatic nitrogens is 1. The van der Waals surface area contributed by atoms with Crippen molar-refractivity contribution in [2.75, 3.05) is 20.2 Å². The third-order valence-corrected chi connectivity index (χ3v) is 4.90. The Kier molecular flexibility index (Phi) is 4.10. The Morgan fingerprint density at radius 1 is 1.27 bits per heavy atom. The molecule has 7 heteroatoms. The Hall–Kier alpha value is -2.21. The molecular formula is C19H17ClF2N2O2. The Morgan fingerprint density at radius 3 is 2.62 bits per heavy atom. The van der Waals surface area contributed by atoms with Crippen molar-refractivity contribution in [2.45, 2.75) is 24.7 Å². The zero-order valence-electron chi connectivity index (χ0n) is 14.1. The molecule has 1 aliphatic carbocycles. The van der Waals surface area contributed by atoms with Crippen molar-refractivity contribution in [2.24, 2.45) is 0 Å². The number of alkyl halides is 2. The number of hydrogen-bond donors (Lipinski definition) is 0. The van der Waals surface area contributed by atoms with Crippen molar-refractivity contribution in [1.29, 1.82) is 0 Å². The van der Waals surface area contributed by atoms with Gasteiger partial charge in [0.25, 0.3) is 11.8 Å². The van der Waals surface area contributed by atoms with E-state index in [0.29, 0.717) is 27.9 Å². The van der Waals surface area contributed by atoms with Gasteiger partial charge < -0.3 is 9.64 Å². The molecule has 0 N–H and O–H groups in total. The molecule has 2 aromatic rings. The fourth-order valence-electron chi connectivity index (χ4n) is 3.17. The first-order valence-electron chi connectivity index (χ1n) is 8.39. The summed E-state index contributed by atoms with van der Waals surface area (Å²) in [5.74, 6) is -2.36. The molecule has 1 aromatic heterocycles. The Bertz CT molecular complexity index is 876. The summed E-state index contributed by atoms with van der Waals surface area (Å²) in [5, 5.41) is 0.356. The van der Waals surface area contributed by atoms with Gasteiger partial charge in [0, 0.05) is 11.6 Å². The Balaban J connectivity index is 1.75. The number of pyridine rings is 1. The lowest BCUT2D eigenvalue weighted by molar-refractivity contribution is -0.113. The molecule has 0 unspecified atom stereocenters. The summed E-state index contributed by atoms with van der Waals surface area (Å²) in [7, 11) is 1.50. The molecule has 0 bridgehead atoms. The summed E-state index contributed by atoms with van der Waals surface area (Å²) < 4.78 is 31.6. The molecule has 2 fully saturated rings. The summed E-state index contributed by atoms with van der Waals surface area (Å²) in [6, 6.07) is 8.69. The lowest BCUT2D eigenvalue weighted by Crippen LogP contribution is -2.58. The Morgan fingerprint density at radius 2 is 2.00 bits per heavy atom. The first-order chi connectivity index (χ1) is 12.4. The molecule has 4 rings (SSSR count). The van der Waals surface area contributed by atoms with Crippen LogP contribution in [0.4, 0.5) is 8.78 Å². The van der Waals surface area contributed by atoms with Crippen LogP contribution in [0.15, 0.2) is 30.3 Å². The summed E-state index contributed by atoms with van der Waals surface area (Å²) in [4.78, 5) is 18.3. The quantitative estimate of drug-likeness (QED) is 0.741. The molecule has 0 atom stereocenters. The minimum absolute atomic E-state index is 0.323. The topological polar surface area (TPSA) is 42.4 Å². The van der Waals surface area contributed by atoms with Gasteiger partial charge in [-0.05, 0) is 54.3 Å². The number of benzene rings is 1. The largest absolute Gasteiger partial charge is 0.497 e.